The zero-order valence-corrected chi connectivity index (χ0v) is 15.8. The van der Waals surface area contributed by atoms with E-state index in [2.05, 4.69) is 36.6 Å². The van der Waals surface area contributed by atoms with Crippen molar-refractivity contribution in [1.29, 1.82) is 0 Å². The van der Waals surface area contributed by atoms with Gasteiger partial charge in [0.05, 0.1) is 5.69 Å². The number of aromatic nitrogens is 1. The Labute approximate surface area is 152 Å². The first-order valence-electron chi connectivity index (χ1n) is 8.49. The van der Waals surface area contributed by atoms with E-state index in [4.69, 9.17) is 16.7 Å². The van der Waals surface area contributed by atoms with E-state index >= 15 is 0 Å². The van der Waals surface area contributed by atoms with Crippen molar-refractivity contribution in [1.82, 2.24) is 4.98 Å². The molecule has 0 spiro atoms. The Bertz CT molecular complexity index is 778. The summed E-state index contributed by atoms with van der Waals surface area (Å²) in [6, 6.07) is 7.77. The Morgan fingerprint density at radius 2 is 2.04 bits per heavy atom. The number of thiazole rings is 1. The standard InChI is InChI=1S/C19H22ClN3S/c1-11-13-8-15(19(11,2)3)16(9-13)22-23-18-21-17(10-24-18)12-4-6-14(20)7-5-12/h4-7,10-11,13,15H,8-9H2,1-3H3,(H,21,23)/b22-16+/t11-,13-,15-/m1/s1. The summed E-state index contributed by atoms with van der Waals surface area (Å²) in [5.41, 5.74) is 6.92. The summed E-state index contributed by atoms with van der Waals surface area (Å²) in [6.45, 7) is 7.17. The van der Waals surface area contributed by atoms with E-state index in [-0.39, 0.29) is 0 Å². The molecule has 126 valence electrons. The van der Waals surface area contributed by atoms with E-state index in [0.29, 0.717) is 11.3 Å². The van der Waals surface area contributed by atoms with Crippen LogP contribution in [0.3, 0.4) is 0 Å². The summed E-state index contributed by atoms with van der Waals surface area (Å²) in [7, 11) is 0. The highest BCUT2D eigenvalue weighted by Crippen LogP contribution is 2.57. The lowest BCUT2D eigenvalue weighted by atomic mass is 9.69. The minimum absolute atomic E-state index is 0.362. The molecule has 5 heteroatoms. The number of fused-ring (bicyclic) bond motifs is 2. The minimum atomic E-state index is 0.362. The molecule has 1 aromatic heterocycles. The molecule has 0 aliphatic heterocycles. The van der Waals surface area contributed by atoms with Crippen molar-refractivity contribution in [3.63, 3.8) is 0 Å². The van der Waals surface area contributed by atoms with Gasteiger partial charge in [0.1, 0.15) is 0 Å². The average Bonchev–Trinajstić information content (AvgIpc) is 3.24. The van der Waals surface area contributed by atoms with E-state index in [0.717, 1.165) is 39.7 Å². The molecule has 2 saturated carbocycles. The van der Waals surface area contributed by atoms with Crippen LogP contribution in [-0.4, -0.2) is 10.7 Å². The van der Waals surface area contributed by atoms with Crippen molar-refractivity contribution in [3.05, 3.63) is 34.7 Å². The normalized spacial score (nSPS) is 29.3. The van der Waals surface area contributed by atoms with Gasteiger partial charge >= 0.3 is 0 Å². The fourth-order valence-corrected chi connectivity index (χ4v) is 5.08. The molecule has 2 aliphatic rings. The number of hydrazone groups is 1. The van der Waals surface area contributed by atoms with Crippen molar-refractivity contribution >= 4 is 33.8 Å². The average molecular weight is 360 g/mol. The summed E-state index contributed by atoms with van der Waals surface area (Å²) >= 11 is 7.53. The third kappa shape index (κ3) is 2.66. The Kier molecular flexibility index (Phi) is 3.92. The second kappa shape index (κ2) is 5.85. The van der Waals surface area contributed by atoms with Gasteiger partial charge in [0.2, 0.25) is 5.13 Å². The summed E-state index contributed by atoms with van der Waals surface area (Å²) in [4.78, 5) is 4.64. The Morgan fingerprint density at radius 1 is 1.29 bits per heavy atom. The lowest BCUT2D eigenvalue weighted by Gasteiger charge is -2.36. The molecule has 1 N–H and O–H groups in total. The van der Waals surface area contributed by atoms with Gasteiger partial charge < -0.3 is 0 Å². The van der Waals surface area contributed by atoms with E-state index in [1.807, 2.05) is 24.3 Å². The molecular formula is C19H22ClN3S. The zero-order valence-electron chi connectivity index (χ0n) is 14.2. The highest BCUT2D eigenvalue weighted by atomic mass is 35.5. The number of benzene rings is 1. The SMILES string of the molecule is C[C@@H]1[C@H]2C/C(=N\Nc3nc(-c4ccc(Cl)cc4)cs3)[C@@H](C2)C1(C)C. The third-order valence-electron chi connectivity index (χ3n) is 6.13. The summed E-state index contributed by atoms with van der Waals surface area (Å²) in [5, 5.41) is 8.37. The van der Waals surface area contributed by atoms with Crippen LogP contribution in [0.1, 0.15) is 33.6 Å². The van der Waals surface area contributed by atoms with Gasteiger partial charge in [0.25, 0.3) is 0 Å². The number of hydrogen-bond acceptors (Lipinski definition) is 4. The molecule has 1 heterocycles. The lowest BCUT2D eigenvalue weighted by Crippen LogP contribution is -2.34. The topological polar surface area (TPSA) is 37.3 Å². The van der Waals surface area contributed by atoms with Crippen molar-refractivity contribution in [2.24, 2.45) is 28.3 Å². The van der Waals surface area contributed by atoms with Crippen molar-refractivity contribution in [2.45, 2.75) is 33.6 Å². The first kappa shape index (κ1) is 16.1. The quantitative estimate of drug-likeness (QED) is 0.689. The van der Waals surface area contributed by atoms with Crippen molar-refractivity contribution in [2.75, 3.05) is 5.43 Å². The maximum atomic E-state index is 5.94. The largest absolute Gasteiger partial charge is 0.253 e. The molecule has 24 heavy (non-hydrogen) atoms. The number of rotatable bonds is 3. The molecule has 3 nitrogen and oxygen atoms in total. The maximum absolute atomic E-state index is 5.94. The van der Waals surface area contributed by atoms with Gasteiger partial charge in [0, 0.05) is 27.6 Å². The third-order valence-corrected chi connectivity index (χ3v) is 7.13. The zero-order chi connectivity index (χ0) is 16.9. The van der Waals surface area contributed by atoms with Gasteiger partial charge in [-0.2, -0.15) is 5.10 Å². The van der Waals surface area contributed by atoms with E-state index in [1.54, 1.807) is 11.3 Å². The molecule has 2 bridgehead atoms. The first-order valence-corrected chi connectivity index (χ1v) is 9.75. The molecule has 0 radical (unpaired) electrons. The number of nitrogens with zero attached hydrogens (tertiary/aromatic N) is 2. The molecule has 2 aromatic rings. The molecule has 0 unspecified atom stereocenters. The van der Waals surface area contributed by atoms with Crippen LogP contribution >= 0.6 is 22.9 Å². The van der Waals surface area contributed by atoms with Crippen molar-refractivity contribution < 1.29 is 0 Å². The summed E-state index contributed by atoms with van der Waals surface area (Å²) in [5.74, 6) is 2.20. The Morgan fingerprint density at radius 3 is 2.71 bits per heavy atom. The fourth-order valence-electron chi connectivity index (χ4n) is 4.29. The number of halogens is 1. The molecule has 2 aliphatic carbocycles. The smallest absolute Gasteiger partial charge is 0.203 e. The van der Waals surface area contributed by atoms with Gasteiger partial charge in [-0.1, -0.05) is 44.5 Å². The van der Waals surface area contributed by atoms with Crippen LogP contribution in [0.25, 0.3) is 11.3 Å². The molecule has 0 saturated heterocycles. The van der Waals surface area contributed by atoms with E-state index in [1.165, 1.54) is 12.1 Å². The van der Waals surface area contributed by atoms with Gasteiger partial charge in [-0.15, -0.1) is 11.3 Å². The van der Waals surface area contributed by atoms with Gasteiger partial charge in [-0.3, -0.25) is 5.43 Å². The molecule has 3 atom stereocenters. The van der Waals surface area contributed by atoms with Gasteiger partial charge in [0.15, 0.2) is 0 Å². The van der Waals surface area contributed by atoms with Gasteiger partial charge in [-0.05, 0) is 42.2 Å². The Balaban J connectivity index is 1.49. The van der Waals surface area contributed by atoms with Crippen LogP contribution in [0.15, 0.2) is 34.7 Å². The Hall–Kier alpha value is -1.39. The van der Waals surface area contributed by atoms with Gasteiger partial charge in [-0.25, -0.2) is 4.98 Å². The van der Waals surface area contributed by atoms with Crippen LogP contribution < -0.4 is 5.43 Å². The predicted molar refractivity (Wildman–Crippen MR) is 103 cm³/mol. The molecule has 2 fully saturated rings. The summed E-state index contributed by atoms with van der Waals surface area (Å²) < 4.78 is 0. The summed E-state index contributed by atoms with van der Waals surface area (Å²) in [6.07, 6.45) is 2.43. The molecular weight excluding hydrogens is 338 g/mol. The van der Waals surface area contributed by atoms with Crippen LogP contribution in [0.2, 0.25) is 5.02 Å². The number of nitrogens with one attached hydrogen (secondary N) is 1. The second-order valence-electron chi connectivity index (χ2n) is 7.62. The van der Waals surface area contributed by atoms with Crippen LogP contribution in [0.5, 0.6) is 0 Å². The number of hydrogen-bond donors (Lipinski definition) is 1. The molecule has 4 rings (SSSR count). The molecule has 1 aromatic carbocycles. The monoisotopic (exact) mass is 359 g/mol. The van der Waals surface area contributed by atoms with Crippen LogP contribution in [0, 0.1) is 23.2 Å². The lowest BCUT2D eigenvalue weighted by molar-refractivity contribution is 0.199. The minimum Gasteiger partial charge on any atom is -0.253 e. The highest BCUT2D eigenvalue weighted by Gasteiger charge is 2.53. The second-order valence-corrected chi connectivity index (χ2v) is 8.92. The predicted octanol–water partition coefficient (Wildman–Crippen LogP) is 5.93. The highest BCUT2D eigenvalue weighted by molar-refractivity contribution is 7.14. The molecule has 0 amide bonds. The fraction of sp³-hybridized carbons (Fsp3) is 0.474. The first-order chi connectivity index (χ1) is 11.4. The van der Waals surface area contributed by atoms with Crippen LogP contribution in [0.4, 0.5) is 5.13 Å². The van der Waals surface area contributed by atoms with E-state index < -0.39 is 0 Å². The number of anilines is 1. The van der Waals surface area contributed by atoms with E-state index in [9.17, 15) is 0 Å². The van der Waals surface area contributed by atoms with Crippen molar-refractivity contribution in [3.8, 4) is 11.3 Å². The maximum Gasteiger partial charge on any atom is 0.203 e. The van der Waals surface area contributed by atoms with Crippen LogP contribution in [-0.2, 0) is 0 Å².